The first-order chi connectivity index (χ1) is 12.0. The Morgan fingerprint density at radius 3 is 2.52 bits per heavy atom. The Kier molecular flexibility index (Phi) is 7.14. The number of methoxy groups -OCH3 is 1. The summed E-state index contributed by atoms with van der Waals surface area (Å²) in [7, 11) is 1.58. The molecule has 0 radical (unpaired) electrons. The highest BCUT2D eigenvalue weighted by molar-refractivity contribution is 6.32. The predicted octanol–water partition coefficient (Wildman–Crippen LogP) is 4.59. The lowest BCUT2D eigenvalue weighted by Gasteiger charge is -2.27. The molecule has 25 heavy (non-hydrogen) atoms. The van der Waals surface area contributed by atoms with Crippen LogP contribution < -0.4 is 10.1 Å². The Balaban J connectivity index is 1.89. The maximum Gasteiger partial charge on any atom is 0.224 e. The highest BCUT2D eigenvalue weighted by Crippen LogP contribution is 2.27. The smallest absolute Gasteiger partial charge is 0.224 e. The Morgan fingerprint density at radius 1 is 1.20 bits per heavy atom. The van der Waals surface area contributed by atoms with Crippen molar-refractivity contribution in [2.24, 2.45) is 0 Å². The van der Waals surface area contributed by atoms with Gasteiger partial charge in [-0.15, -0.1) is 0 Å². The Bertz CT molecular complexity index is 689. The molecule has 0 saturated carbocycles. The van der Waals surface area contributed by atoms with Crippen LogP contribution in [0.15, 0.2) is 48.5 Å². The second kappa shape index (κ2) is 9.33. The van der Waals surface area contributed by atoms with Crippen LogP contribution in [0.25, 0.3) is 0 Å². The van der Waals surface area contributed by atoms with E-state index in [-0.39, 0.29) is 11.9 Å². The number of halogens is 1. The van der Waals surface area contributed by atoms with E-state index in [4.69, 9.17) is 16.3 Å². The molecule has 0 atom stereocenters. The summed E-state index contributed by atoms with van der Waals surface area (Å²) >= 11 is 6.11. The highest BCUT2D eigenvalue weighted by Gasteiger charge is 2.16. The van der Waals surface area contributed by atoms with Crippen LogP contribution in [0.4, 0.5) is 5.69 Å². The minimum absolute atomic E-state index is 0.131. The number of amides is 1. The summed E-state index contributed by atoms with van der Waals surface area (Å²) < 4.78 is 5.14. The number of carbonyl (C=O) groups is 1. The Morgan fingerprint density at radius 2 is 1.92 bits per heavy atom. The molecular weight excluding hydrogens is 336 g/mol. The van der Waals surface area contributed by atoms with E-state index in [0.717, 1.165) is 11.3 Å². The van der Waals surface area contributed by atoms with Gasteiger partial charge in [-0.05, 0) is 37.6 Å². The fourth-order valence-corrected chi connectivity index (χ4v) is 2.83. The number of benzene rings is 2. The van der Waals surface area contributed by atoms with Crippen molar-refractivity contribution in [3.05, 3.63) is 59.1 Å². The van der Waals surface area contributed by atoms with Crippen LogP contribution in [0.3, 0.4) is 0 Å². The SMILES string of the molecule is COc1ccc(NCCC(=O)N(Cc2ccccc2)C(C)C)cc1Cl. The van der Waals surface area contributed by atoms with Gasteiger partial charge in [-0.25, -0.2) is 0 Å². The van der Waals surface area contributed by atoms with E-state index in [9.17, 15) is 4.79 Å². The summed E-state index contributed by atoms with van der Waals surface area (Å²) in [6, 6.07) is 15.7. The minimum Gasteiger partial charge on any atom is -0.495 e. The van der Waals surface area contributed by atoms with Crippen molar-refractivity contribution in [1.82, 2.24) is 4.90 Å². The molecule has 0 heterocycles. The van der Waals surface area contributed by atoms with Gasteiger partial charge in [-0.1, -0.05) is 41.9 Å². The Hall–Kier alpha value is -2.20. The monoisotopic (exact) mass is 360 g/mol. The topological polar surface area (TPSA) is 41.6 Å². The molecule has 134 valence electrons. The number of carbonyl (C=O) groups excluding carboxylic acids is 1. The van der Waals surface area contributed by atoms with E-state index >= 15 is 0 Å². The van der Waals surface area contributed by atoms with Gasteiger partial charge in [0.1, 0.15) is 5.75 Å². The van der Waals surface area contributed by atoms with Crippen molar-refractivity contribution < 1.29 is 9.53 Å². The molecular formula is C20H25ClN2O2. The van der Waals surface area contributed by atoms with Crippen LogP contribution in [-0.2, 0) is 11.3 Å². The third-order valence-electron chi connectivity index (χ3n) is 3.96. The molecule has 1 amide bonds. The number of ether oxygens (including phenoxy) is 1. The van der Waals surface area contributed by atoms with Gasteiger partial charge >= 0.3 is 0 Å². The third kappa shape index (κ3) is 5.68. The summed E-state index contributed by atoms with van der Waals surface area (Å²) in [5.41, 5.74) is 2.01. The molecule has 0 aliphatic heterocycles. The van der Waals surface area contributed by atoms with Crippen molar-refractivity contribution in [3.8, 4) is 5.75 Å². The molecule has 0 unspecified atom stereocenters. The maximum absolute atomic E-state index is 12.6. The molecule has 2 aromatic rings. The van der Waals surface area contributed by atoms with Crippen LogP contribution in [0.1, 0.15) is 25.8 Å². The van der Waals surface area contributed by atoms with Crippen molar-refractivity contribution in [3.63, 3.8) is 0 Å². The summed E-state index contributed by atoms with van der Waals surface area (Å²) in [6.07, 6.45) is 0.425. The van der Waals surface area contributed by atoms with Crippen LogP contribution >= 0.6 is 11.6 Å². The fraction of sp³-hybridized carbons (Fsp3) is 0.350. The van der Waals surface area contributed by atoms with E-state index in [1.54, 1.807) is 13.2 Å². The number of rotatable bonds is 8. The largest absolute Gasteiger partial charge is 0.495 e. The molecule has 0 bridgehead atoms. The zero-order chi connectivity index (χ0) is 18.2. The van der Waals surface area contributed by atoms with Gasteiger partial charge in [0, 0.05) is 31.2 Å². The summed E-state index contributed by atoms with van der Waals surface area (Å²) in [6.45, 7) is 5.26. The zero-order valence-electron chi connectivity index (χ0n) is 15.0. The zero-order valence-corrected chi connectivity index (χ0v) is 15.7. The van der Waals surface area contributed by atoms with Gasteiger partial charge in [-0.2, -0.15) is 0 Å². The molecule has 4 nitrogen and oxygen atoms in total. The number of nitrogens with zero attached hydrogens (tertiary/aromatic N) is 1. The summed E-state index contributed by atoms with van der Waals surface area (Å²) in [5.74, 6) is 0.767. The van der Waals surface area contributed by atoms with E-state index in [1.807, 2.05) is 61.2 Å². The van der Waals surface area contributed by atoms with Crippen LogP contribution in [0, 0.1) is 0 Å². The third-order valence-corrected chi connectivity index (χ3v) is 4.25. The lowest BCUT2D eigenvalue weighted by atomic mass is 10.1. The van der Waals surface area contributed by atoms with Gasteiger partial charge < -0.3 is 15.0 Å². The number of anilines is 1. The molecule has 5 heteroatoms. The molecule has 0 saturated heterocycles. The Labute approximate surface area is 154 Å². The van der Waals surface area contributed by atoms with Crippen LogP contribution in [0.5, 0.6) is 5.75 Å². The predicted molar refractivity (Wildman–Crippen MR) is 103 cm³/mol. The summed E-state index contributed by atoms with van der Waals surface area (Å²) in [5, 5.41) is 3.79. The normalized spacial score (nSPS) is 10.6. The van der Waals surface area contributed by atoms with Gasteiger partial charge in [0.15, 0.2) is 0 Å². The van der Waals surface area contributed by atoms with Crippen molar-refractivity contribution in [2.75, 3.05) is 19.0 Å². The average molecular weight is 361 g/mol. The van der Waals surface area contributed by atoms with Gasteiger partial charge in [0.05, 0.1) is 12.1 Å². The molecule has 0 aliphatic carbocycles. The quantitative estimate of drug-likeness (QED) is 0.748. The fourth-order valence-electron chi connectivity index (χ4n) is 2.57. The van der Waals surface area contributed by atoms with Crippen LogP contribution in [0.2, 0.25) is 5.02 Å². The average Bonchev–Trinajstić information content (AvgIpc) is 2.60. The number of hydrogen-bond donors (Lipinski definition) is 1. The molecule has 0 aliphatic rings. The van der Waals surface area contributed by atoms with E-state index in [1.165, 1.54) is 0 Å². The molecule has 0 fully saturated rings. The molecule has 0 aromatic heterocycles. The van der Waals surface area contributed by atoms with E-state index in [2.05, 4.69) is 5.32 Å². The van der Waals surface area contributed by atoms with Crippen molar-refractivity contribution in [1.29, 1.82) is 0 Å². The second-order valence-electron chi connectivity index (χ2n) is 6.13. The van der Waals surface area contributed by atoms with Gasteiger partial charge in [0.25, 0.3) is 0 Å². The molecule has 0 spiro atoms. The highest BCUT2D eigenvalue weighted by atomic mass is 35.5. The van der Waals surface area contributed by atoms with Crippen LogP contribution in [-0.4, -0.2) is 30.5 Å². The lowest BCUT2D eigenvalue weighted by Crippen LogP contribution is -2.37. The molecule has 1 N–H and O–H groups in total. The standard InChI is InChI=1S/C20H25ClN2O2/c1-15(2)23(14-16-7-5-4-6-8-16)20(24)11-12-22-17-9-10-19(25-3)18(21)13-17/h4-10,13,15,22H,11-12,14H2,1-3H3. The minimum atomic E-state index is 0.131. The number of nitrogens with one attached hydrogen (secondary N) is 1. The first-order valence-corrected chi connectivity index (χ1v) is 8.80. The van der Waals surface area contributed by atoms with Crippen molar-refractivity contribution >= 4 is 23.2 Å². The van der Waals surface area contributed by atoms with E-state index in [0.29, 0.717) is 30.3 Å². The second-order valence-corrected chi connectivity index (χ2v) is 6.53. The maximum atomic E-state index is 12.6. The van der Waals surface area contributed by atoms with Crippen molar-refractivity contribution in [2.45, 2.75) is 32.9 Å². The lowest BCUT2D eigenvalue weighted by molar-refractivity contribution is -0.133. The van der Waals surface area contributed by atoms with Gasteiger partial charge in [-0.3, -0.25) is 4.79 Å². The molecule has 2 rings (SSSR count). The number of hydrogen-bond acceptors (Lipinski definition) is 3. The summed E-state index contributed by atoms with van der Waals surface area (Å²) in [4.78, 5) is 14.5. The van der Waals surface area contributed by atoms with E-state index < -0.39 is 0 Å². The first-order valence-electron chi connectivity index (χ1n) is 8.42. The molecule has 2 aromatic carbocycles. The first kappa shape index (κ1) is 19.1. The van der Waals surface area contributed by atoms with Gasteiger partial charge in [0.2, 0.25) is 5.91 Å².